The van der Waals surface area contributed by atoms with Crippen LogP contribution in [0.4, 0.5) is 0 Å². The third-order valence-electron chi connectivity index (χ3n) is 5.47. The average molecular weight is 414 g/mol. The number of para-hydroxylation sites is 2. The number of hydrogen-bond donors (Lipinski definition) is 2. The molecule has 0 unspecified atom stereocenters. The van der Waals surface area contributed by atoms with E-state index in [9.17, 15) is 4.79 Å². The normalized spacial score (nSPS) is 17.1. The van der Waals surface area contributed by atoms with Crippen molar-refractivity contribution in [2.75, 3.05) is 20.3 Å². The Labute approximate surface area is 174 Å². The highest BCUT2D eigenvalue weighted by atomic mass is 32.1. The number of nitrogens with zero attached hydrogens (tertiary/aromatic N) is 1. The molecular formula is C22H27N3O3S. The Hall–Kier alpha value is -2.38. The summed E-state index contributed by atoms with van der Waals surface area (Å²) in [5.41, 5.74) is 1.20. The Morgan fingerprint density at radius 3 is 2.93 bits per heavy atom. The third kappa shape index (κ3) is 4.16. The molecule has 29 heavy (non-hydrogen) atoms. The van der Waals surface area contributed by atoms with Gasteiger partial charge in [0.2, 0.25) is 0 Å². The van der Waals surface area contributed by atoms with E-state index in [0.29, 0.717) is 30.6 Å². The predicted octanol–water partition coefficient (Wildman–Crippen LogP) is 3.85. The van der Waals surface area contributed by atoms with Crippen LogP contribution in [-0.2, 0) is 12.8 Å². The Morgan fingerprint density at radius 1 is 1.34 bits per heavy atom. The van der Waals surface area contributed by atoms with E-state index in [1.54, 1.807) is 18.4 Å². The van der Waals surface area contributed by atoms with Crippen LogP contribution in [0, 0.1) is 5.92 Å². The number of rotatable bonds is 7. The number of methoxy groups -OCH3 is 1. The summed E-state index contributed by atoms with van der Waals surface area (Å²) >= 11 is 1.68. The monoisotopic (exact) mass is 413 g/mol. The van der Waals surface area contributed by atoms with Gasteiger partial charge in [0, 0.05) is 11.4 Å². The van der Waals surface area contributed by atoms with Crippen molar-refractivity contribution in [1.29, 1.82) is 0 Å². The van der Waals surface area contributed by atoms with Gasteiger partial charge in [0.1, 0.15) is 17.3 Å². The lowest BCUT2D eigenvalue weighted by atomic mass is 9.89. The van der Waals surface area contributed by atoms with Gasteiger partial charge in [-0.2, -0.15) is 0 Å². The molecular weight excluding hydrogens is 386 g/mol. The molecule has 6 nitrogen and oxygen atoms in total. The second kappa shape index (κ2) is 8.55. The third-order valence-corrected chi connectivity index (χ3v) is 6.62. The largest absolute Gasteiger partial charge is 0.493 e. The van der Waals surface area contributed by atoms with Crippen LogP contribution < -0.4 is 20.3 Å². The van der Waals surface area contributed by atoms with Crippen molar-refractivity contribution >= 4 is 21.6 Å². The van der Waals surface area contributed by atoms with Crippen LogP contribution in [-0.4, -0.2) is 30.2 Å². The minimum atomic E-state index is -0.0774. The van der Waals surface area contributed by atoms with Crippen LogP contribution >= 0.6 is 11.3 Å². The zero-order chi connectivity index (χ0) is 20.4. The zero-order valence-electron chi connectivity index (χ0n) is 17.1. The van der Waals surface area contributed by atoms with Crippen LogP contribution in [0.15, 0.2) is 29.1 Å². The Kier molecular flexibility index (Phi) is 5.87. The van der Waals surface area contributed by atoms with Gasteiger partial charge in [0.15, 0.2) is 11.5 Å². The molecule has 0 radical (unpaired) electrons. The van der Waals surface area contributed by atoms with E-state index >= 15 is 0 Å². The molecule has 3 aromatic rings. The molecule has 1 aromatic carbocycles. The first-order chi connectivity index (χ1) is 14.1. The number of nitrogens with one attached hydrogen (secondary N) is 2. The van der Waals surface area contributed by atoms with Gasteiger partial charge in [-0.05, 0) is 49.8 Å². The van der Waals surface area contributed by atoms with Crippen molar-refractivity contribution in [3.63, 3.8) is 0 Å². The average Bonchev–Trinajstić information content (AvgIpc) is 3.09. The fourth-order valence-electron chi connectivity index (χ4n) is 3.84. The van der Waals surface area contributed by atoms with Gasteiger partial charge in [-0.3, -0.25) is 4.79 Å². The molecule has 154 valence electrons. The summed E-state index contributed by atoms with van der Waals surface area (Å²) in [5, 5.41) is 4.17. The summed E-state index contributed by atoms with van der Waals surface area (Å²) in [5.74, 6) is 2.79. The van der Waals surface area contributed by atoms with E-state index in [1.165, 1.54) is 10.4 Å². The number of benzene rings is 1. The maximum atomic E-state index is 12.7. The van der Waals surface area contributed by atoms with Gasteiger partial charge in [0.05, 0.1) is 18.5 Å². The molecule has 0 bridgehead atoms. The molecule has 2 atom stereocenters. The standard InChI is InChI=1S/C22H27N3O3S/c1-13-8-9-15-18(12-13)29-22-19(15)21(26)24-20(25-22)14(2)23-10-11-28-17-7-5-4-6-16(17)27-3/h4-7,13-14,23H,8-12H2,1-3H3,(H,24,25,26)/t13-,14+/m1/s1. The van der Waals surface area contributed by atoms with Crippen molar-refractivity contribution in [2.24, 2.45) is 5.92 Å². The fourth-order valence-corrected chi connectivity index (χ4v) is 5.23. The van der Waals surface area contributed by atoms with E-state index < -0.39 is 0 Å². The summed E-state index contributed by atoms with van der Waals surface area (Å²) in [6, 6.07) is 7.50. The highest BCUT2D eigenvalue weighted by molar-refractivity contribution is 7.18. The lowest BCUT2D eigenvalue weighted by Gasteiger charge is -2.17. The number of fused-ring (bicyclic) bond motifs is 3. The number of thiophene rings is 1. The summed E-state index contributed by atoms with van der Waals surface area (Å²) in [6.07, 6.45) is 3.18. The number of H-pyrrole nitrogens is 1. The Bertz CT molecular complexity index is 1060. The zero-order valence-corrected chi connectivity index (χ0v) is 17.9. The number of aryl methyl sites for hydroxylation is 1. The molecule has 1 aliphatic rings. The second-order valence-corrected chi connectivity index (χ2v) is 8.74. The van der Waals surface area contributed by atoms with Gasteiger partial charge in [-0.1, -0.05) is 19.1 Å². The van der Waals surface area contributed by atoms with Crippen LogP contribution in [0.1, 0.15) is 42.6 Å². The molecule has 0 aliphatic heterocycles. The lowest BCUT2D eigenvalue weighted by Crippen LogP contribution is -2.27. The minimum absolute atomic E-state index is 0.0176. The lowest BCUT2D eigenvalue weighted by molar-refractivity contribution is 0.287. The first-order valence-corrected chi connectivity index (χ1v) is 10.9. The Morgan fingerprint density at radius 2 is 2.14 bits per heavy atom. The number of aromatic nitrogens is 2. The molecule has 2 aromatic heterocycles. The summed E-state index contributed by atoms with van der Waals surface area (Å²) in [6.45, 7) is 5.39. The Balaban J connectivity index is 1.42. The number of hydrogen-bond acceptors (Lipinski definition) is 6. The van der Waals surface area contributed by atoms with Crippen molar-refractivity contribution in [2.45, 2.75) is 39.2 Å². The number of ether oxygens (including phenoxy) is 2. The van der Waals surface area contributed by atoms with Crippen molar-refractivity contribution in [3.8, 4) is 11.5 Å². The van der Waals surface area contributed by atoms with Gasteiger partial charge in [-0.25, -0.2) is 4.98 Å². The topological polar surface area (TPSA) is 76.2 Å². The molecule has 7 heteroatoms. The van der Waals surface area contributed by atoms with Gasteiger partial charge < -0.3 is 19.8 Å². The molecule has 1 aliphatic carbocycles. The van der Waals surface area contributed by atoms with Crippen molar-refractivity contribution < 1.29 is 9.47 Å². The van der Waals surface area contributed by atoms with Gasteiger partial charge in [-0.15, -0.1) is 11.3 Å². The SMILES string of the molecule is COc1ccccc1OCCN[C@@H](C)c1nc2sc3c(c2c(=O)[nH]1)CC[C@@H](C)C3. The van der Waals surface area contributed by atoms with Crippen LogP contribution in [0.5, 0.6) is 11.5 Å². The summed E-state index contributed by atoms with van der Waals surface area (Å²) < 4.78 is 11.1. The van der Waals surface area contributed by atoms with E-state index in [2.05, 4.69) is 17.2 Å². The maximum absolute atomic E-state index is 12.7. The number of aromatic amines is 1. The van der Waals surface area contributed by atoms with Crippen molar-refractivity contribution in [1.82, 2.24) is 15.3 Å². The first kappa shape index (κ1) is 19.9. The van der Waals surface area contributed by atoms with Crippen LogP contribution in [0.25, 0.3) is 10.2 Å². The molecule has 4 rings (SSSR count). The molecule has 0 spiro atoms. The summed E-state index contributed by atoms with van der Waals surface area (Å²) in [4.78, 5) is 22.7. The van der Waals surface area contributed by atoms with E-state index in [4.69, 9.17) is 14.5 Å². The molecule has 0 amide bonds. The first-order valence-electron chi connectivity index (χ1n) is 10.1. The van der Waals surface area contributed by atoms with E-state index in [-0.39, 0.29) is 11.6 Å². The summed E-state index contributed by atoms with van der Waals surface area (Å²) in [7, 11) is 1.63. The molecule has 2 N–H and O–H groups in total. The van der Waals surface area contributed by atoms with E-state index in [0.717, 1.165) is 35.2 Å². The van der Waals surface area contributed by atoms with Crippen molar-refractivity contribution in [3.05, 3.63) is 50.9 Å². The van der Waals surface area contributed by atoms with Crippen LogP contribution in [0.3, 0.4) is 0 Å². The van der Waals surface area contributed by atoms with E-state index in [1.807, 2.05) is 31.2 Å². The highest BCUT2D eigenvalue weighted by Crippen LogP contribution is 2.35. The predicted molar refractivity (Wildman–Crippen MR) is 116 cm³/mol. The van der Waals surface area contributed by atoms with Crippen LogP contribution in [0.2, 0.25) is 0 Å². The minimum Gasteiger partial charge on any atom is -0.493 e. The smallest absolute Gasteiger partial charge is 0.259 e. The maximum Gasteiger partial charge on any atom is 0.259 e. The molecule has 0 saturated carbocycles. The van der Waals surface area contributed by atoms with Gasteiger partial charge in [0.25, 0.3) is 5.56 Å². The molecule has 0 fully saturated rings. The quantitative estimate of drug-likeness (QED) is 0.576. The van der Waals surface area contributed by atoms with Gasteiger partial charge >= 0.3 is 0 Å². The molecule has 0 saturated heterocycles. The second-order valence-electron chi connectivity index (χ2n) is 7.66. The fraction of sp³-hybridized carbons (Fsp3) is 0.455. The highest BCUT2D eigenvalue weighted by Gasteiger charge is 2.23. The molecule has 2 heterocycles.